The van der Waals surface area contributed by atoms with E-state index >= 15 is 0 Å². The standard InChI is InChI=1S/C20H19FN4O4/c1-28-17(26)8-4-5-13-9-11-14(12-10-13)22-18(27)19-24-25-20(29-19)23-16-7-3-2-6-15(16)21/h2-3,6-7,9-12H,4-5,8H2,1H3,(H,22,27)(H,23,25). The zero-order chi connectivity index (χ0) is 20.6. The maximum absolute atomic E-state index is 13.6. The molecule has 0 atom stereocenters. The lowest BCUT2D eigenvalue weighted by Crippen LogP contribution is -2.12. The molecule has 29 heavy (non-hydrogen) atoms. The number of carbonyl (C=O) groups excluding carboxylic acids is 2. The minimum Gasteiger partial charge on any atom is -0.469 e. The molecule has 1 aromatic heterocycles. The van der Waals surface area contributed by atoms with E-state index in [9.17, 15) is 14.0 Å². The maximum atomic E-state index is 13.6. The second kappa shape index (κ2) is 9.45. The number of methoxy groups -OCH3 is 1. The number of esters is 1. The summed E-state index contributed by atoms with van der Waals surface area (Å²) in [5.74, 6) is -1.57. The normalized spacial score (nSPS) is 10.4. The predicted octanol–water partition coefficient (Wildman–Crippen LogP) is 3.70. The fourth-order valence-corrected chi connectivity index (χ4v) is 2.52. The number of nitrogens with one attached hydrogen (secondary N) is 2. The van der Waals surface area contributed by atoms with Gasteiger partial charge in [-0.15, -0.1) is 5.10 Å². The van der Waals surface area contributed by atoms with Crippen LogP contribution in [0.3, 0.4) is 0 Å². The van der Waals surface area contributed by atoms with Gasteiger partial charge in [-0.1, -0.05) is 29.4 Å². The van der Waals surface area contributed by atoms with Crippen molar-refractivity contribution in [3.8, 4) is 0 Å². The van der Waals surface area contributed by atoms with E-state index in [1.807, 2.05) is 12.1 Å². The van der Waals surface area contributed by atoms with E-state index in [-0.39, 0.29) is 23.6 Å². The molecular formula is C20H19FN4O4. The van der Waals surface area contributed by atoms with Crippen molar-refractivity contribution in [3.63, 3.8) is 0 Å². The molecule has 0 spiro atoms. The minimum absolute atomic E-state index is 0.0961. The number of hydrogen-bond donors (Lipinski definition) is 2. The molecule has 8 nitrogen and oxygen atoms in total. The lowest BCUT2D eigenvalue weighted by Gasteiger charge is -2.05. The molecule has 2 N–H and O–H groups in total. The summed E-state index contributed by atoms with van der Waals surface area (Å²) in [7, 11) is 1.36. The molecule has 0 radical (unpaired) electrons. The molecule has 0 aliphatic carbocycles. The first-order valence-electron chi connectivity index (χ1n) is 8.87. The van der Waals surface area contributed by atoms with Crippen molar-refractivity contribution in [1.29, 1.82) is 0 Å². The summed E-state index contributed by atoms with van der Waals surface area (Å²) in [5.41, 5.74) is 1.74. The topological polar surface area (TPSA) is 106 Å². The molecule has 0 aliphatic heterocycles. The van der Waals surface area contributed by atoms with Crippen molar-refractivity contribution in [2.24, 2.45) is 0 Å². The second-order valence-corrected chi connectivity index (χ2v) is 6.10. The molecule has 2 aromatic carbocycles. The Hall–Kier alpha value is -3.75. The minimum atomic E-state index is -0.586. The average molecular weight is 398 g/mol. The van der Waals surface area contributed by atoms with Gasteiger partial charge in [0, 0.05) is 12.1 Å². The number of anilines is 3. The quantitative estimate of drug-likeness (QED) is 0.557. The first kappa shape index (κ1) is 20.0. The van der Waals surface area contributed by atoms with Crippen LogP contribution in [0.15, 0.2) is 52.9 Å². The SMILES string of the molecule is COC(=O)CCCc1ccc(NC(=O)c2nnc(Nc3ccccc3F)o2)cc1. The van der Waals surface area contributed by atoms with Crippen LogP contribution in [0.1, 0.15) is 29.1 Å². The van der Waals surface area contributed by atoms with Crippen molar-refractivity contribution in [2.45, 2.75) is 19.3 Å². The van der Waals surface area contributed by atoms with Gasteiger partial charge in [0.1, 0.15) is 5.82 Å². The first-order valence-corrected chi connectivity index (χ1v) is 8.87. The number of para-hydroxylation sites is 1. The Labute approximate surface area is 166 Å². The Morgan fingerprint density at radius 2 is 1.86 bits per heavy atom. The molecule has 0 unspecified atom stereocenters. The van der Waals surface area contributed by atoms with Crippen molar-refractivity contribution >= 4 is 29.3 Å². The average Bonchev–Trinajstić information content (AvgIpc) is 3.19. The highest BCUT2D eigenvalue weighted by Gasteiger charge is 2.16. The molecule has 0 fully saturated rings. The van der Waals surface area contributed by atoms with Gasteiger partial charge in [0.25, 0.3) is 0 Å². The van der Waals surface area contributed by atoms with Crippen LogP contribution >= 0.6 is 0 Å². The highest BCUT2D eigenvalue weighted by Crippen LogP contribution is 2.19. The smallest absolute Gasteiger partial charge is 0.320 e. The number of ether oxygens (including phenoxy) is 1. The molecule has 0 aliphatic rings. The molecule has 0 saturated heterocycles. The van der Waals surface area contributed by atoms with Gasteiger partial charge in [-0.3, -0.25) is 9.59 Å². The van der Waals surface area contributed by atoms with Crippen LogP contribution in [0.5, 0.6) is 0 Å². The van der Waals surface area contributed by atoms with Gasteiger partial charge in [0.15, 0.2) is 0 Å². The van der Waals surface area contributed by atoms with Crippen molar-refractivity contribution in [3.05, 3.63) is 65.8 Å². The summed E-state index contributed by atoms with van der Waals surface area (Å²) >= 11 is 0. The Balaban J connectivity index is 1.54. The van der Waals surface area contributed by atoms with Gasteiger partial charge in [-0.2, -0.15) is 0 Å². The summed E-state index contributed by atoms with van der Waals surface area (Å²) in [4.78, 5) is 23.4. The third-order valence-electron chi connectivity index (χ3n) is 4.02. The molecule has 9 heteroatoms. The number of rotatable bonds is 8. The van der Waals surface area contributed by atoms with E-state index in [1.165, 1.54) is 19.2 Å². The molecule has 3 aromatic rings. The molecule has 0 bridgehead atoms. The largest absolute Gasteiger partial charge is 0.469 e. The van der Waals surface area contributed by atoms with E-state index in [2.05, 4.69) is 25.6 Å². The third-order valence-corrected chi connectivity index (χ3v) is 4.02. The molecule has 1 amide bonds. The number of amides is 1. The fraction of sp³-hybridized carbons (Fsp3) is 0.200. The number of aromatic nitrogens is 2. The van der Waals surface area contributed by atoms with Crippen LogP contribution in [-0.4, -0.2) is 29.2 Å². The van der Waals surface area contributed by atoms with Crippen LogP contribution < -0.4 is 10.6 Å². The molecule has 0 saturated carbocycles. The van der Waals surface area contributed by atoms with Gasteiger partial charge < -0.3 is 19.8 Å². The molecule has 150 valence electrons. The number of aryl methyl sites for hydroxylation is 1. The van der Waals surface area contributed by atoms with E-state index < -0.39 is 11.7 Å². The van der Waals surface area contributed by atoms with Crippen LogP contribution in [0.25, 0.3) is 0 Å². The number of carbonyl (C=O) groups is 2. The Morgan fingerprint density at radius 1 is 1.10 bits per heavy atom. The number of hydrogen-bond acceptors (Lipinski definition) is 7. The summed E-state index contributed by atoms with van der Waals surface area (Å²) in [6.45, 7) is 0. The molecule has 3 rings (SSSR count). The maximum Gasteiger partial charge on any atom is 0.320 e. The summed E-state index contributed by atoms with van der Waals surface area (Å²) in [5, 5.41) is 12.6. The highest BCUT2D eigenvalue weighted by molar-refractivity contribution is 6.00. The number of halogens is 1. The van der Waals surface area contributed by atoms with Gasteiger partial charge >= 0.3 is 23.8 Å². The highest BCUT2D eigenvalue weighted by atomic mass is 19.1. The zero-order valence-corrected chi connectivity index (χ0v) is 15.6. The van der Waals surface area contributed by atoms with Gasteiger partial charge in [0.05, 0.1) is 12.8 Å². The van der Waals surface area contributed by atoms with Gasteiger partial charge in [-0.25, -0.2) is 4.39 Å². The summed E-state index contributed by atoms with van der Waals surface area (Å²) in [6.07, 6.45) is 1.76. The summed E-state index contributed by atoms with van der Waals surface area (Å²) in [6, 6.07) is 13.1. The van der Waals surface area contributed by atoms with Crippen LogP contribution in [0, 0.1) is 5.82 Å². The Bertz CT molecular complexity index is 988. The van der Waals surface area contributed by atoms with Gasteiger partial charge in [-0.05, 0) is 42.7 Å². The van der Waals surface area contributed by atoms with Crippen LogP contribution in [0.4, 0.5) is 21.8 Å². The lowest BCUT2D eigenvalue weighted by atomic mass is 10.1. The number of nitrogens with zero attached hydrogens (tertiary/aromatic N) is 2. The molecular weight excluding hydrogens is 379 g/mol. The number of benzene rings is 2. The Morgan fingerprint density at radius 3 is 2.59 bits per heavy atom. The monoisotopic (exact) mass is 398 g/mol. The van der Waals surface area contributed by atoms with Crippen LogP contribution in [0.2, 0.25) is 0 Å². The zero-order valence-electron chi connectivity index (χ0n) is 15.6. The predicted molar refractivity (Wildman–Crippen MR) is 103 cm³/mol. The van der Waals surface area contributed by atoms with Gasteiger partial charge in [0.2, 0.25) is 0 Å². The molecule has 1 heterocycles. The van der Waals surface area contributed by atoms with E-state index in [1.54, 1.807) is 24.3 Å². The fourth-order valence-electron chi connectivity index (χ4n) is 2.52. The lowest BCUT2D eigenvalue weighted by molar-refractivity contribution is -0.140. The first-order chi connectivity index (χ1) is 14.0. The Kier molecular flexibility index (Phi) is 6.51. The van der Waals surface area contributed by atoms with Crippen molar-refractivity contribution in [2.75, 3.05) is 17.7 Å². The second-order valence-electron chi connectivity index (χ2n) is 6.10. The van der Waals surface area contributed by atoms with E-state index in [0.717, 1.165) is 12.0 Å². The third kappa shape index (κ3) is 5.61. The van der Waals surface area contributed by atoms with Crippen molar-refractivity contribution < 1.29 is 23.1 Å². The summed E-state index contributed by atoms with van der Waals surface area (Å²) < 4.78 is 23.5. The van der Waals surface area contributed by atoms with Crippen LogP contribution in [-0.2, 0) is 16.0 Å². The van der Waals surface area contributed by atoms with E-state index in [4.69, 9.17) is 4.42 Å². The van der Waals surface area contributed by atoms with E-state index in [0.29, 0.717) is 18.5 Å². The van der Waals surface area contributed by atoms with Crippen molar-refractivity contribution in [1.82, 2.24) is 10.2 Å².